The Morgan fingerprint density at radius 1 is 1.32 bits per heavy atom. The quantitative estimate of drug-likeness (QED) is 0.892. The van der Waals surface area contributed by atoms with E-state index in [4.69, 9.17) is 0 Å². The normalized spacial score (nSPS) is 20.3. The molecule has 0 amide bonds. The van der Waals surface area contributed by atoms with E-state index < -0.39 is 0 Å². The van der Waals surface area contributed by atoms with Gasteiger partial charge in [-0.05, 0) is 55.8 Å². The molecule has 2 heteroatoms. The lowest BCUT2D eigenvalue weighted by atomic mass is 9.74. The maximum atomic E-state index is 3.55. The summed E-state index contributed by atoms with van der Waals surface area (Å²) >= 11 is 0. The van der Waals surface area contributed by atoms with Crippen molar-refractivity contribution in [3.8, 4) is 0 Å². The van der Waals surface area contributed by atoms with E-state index in [0.717, 1.165) is 12.5 Å². The molecule has 0 bridgehead atoms. The molecule has 0 aromatic heterocycles. The Kier molecular flexibility index (Phi) is 4.51. The van der Waals surface area contributed by atoms with Gasteiger partial charge in [0.1, 0.15) is 0 Å². The highest BCUT2D eigenvalue weighted by Gasteiger charge is 2.31. The van der Waals surface area contributed by atoms with E-state index in [-0.39, 0.29) is 0 Å². The Morgan fingerprint density at radius 3 is 2.68 bits per heavy atom. The fourth-order valence-electron chi connectivity index (χ4n) is 3.34. The predicted molar refractivity (Wildman–Crippen MR) is 83.8 cm³/mol. The standard InChI is InChI=1S/C17H28N2/c1-14-8-5-6-10-16(14)19(4)13-17(2,3)15-9-7-11-18-12-15/h5-6,8,10,15,18H,7,9,11-13H2,1-4H3. The number of piperidine rings is 1. The number of nitrogens with one attached hydrogen (secondary N) is 1. The van der Waals surface area contributed by atoms with Gasteiger partial charge in [0.2, 0.25) is 0 Å². The highest BCUT2D eigenvalue weighted by atomic mass is 15.1. The smallest absolute Gasteiger partial charge is 0.0393 e. The molecule has 1 unspecified atom stereocenters. The van der Waals surface area contributed by atoms with Crippen molar-refractivity contribution < 1.29 is 0 Å². The van der Waals surface area contributed by atoms with Gasteiger partial charge >= 0.3 is 0 Å². The van der Waals surface area contributed by atoms with Gasteiger partial charge in [-0.1, -0.05) is 32.0 Å². The first kappa shape index (κ1) is 14.4. The SMILES string of the molecule is Cc1ccccc1N(C)CC(C)(C)C1CCCNC1. The summed E-state index contributed by atoms with van der Waals surface area (Å²) in [6.07, 6.45) is 2.68. The molecule has 1 aliphatic rings. The largest absolute Gasteiger partial charge is 0.374 e. The number of aryl methyl sites for hydroxylation is 1. The number of benzene rings is 1. The Morgan fingerprint density at radius 2 is 2.05 bits per heavy atom. The van der Waals surface area contributed by atoms with Gasteiger partial charge in [0.05, 0.1) is 0 Å². The lowest BCUT2D eigenvalue weighted by Crippen LogP contribution is -2.44. The van der Waals surface area contributed by atoms with Gasteiger partial charge in [-0.3, -0.25) is 0 Å². The van der Waals surface area contributed by atoms with Crippen LogP contribution in [0.5, 0.6) is 0 Å². The molecule has 0 saturated carbocycles. The van der Waals surface area contributed by atoms with Crippen molar-refractivity contribution in [2.75, 3.05) is 31.6 Å². The van der Waals surface area contributed by atoms with E-state index in [1.54, 1.807) is 0 Å². The maximum absolute atomic E-state index is 3.55. The minimum absolute atomic E-state index is 0.352. The van der Waals surface area contributed by atoms with Crippen molar-refractivity contribution in [2.24, 2.45) is 11.3 Å². The Balaban J connectivity index is 2.04. The van der Waals surface area contributed by atoms with Crippen LogP contribution >= 0.6 is 0 Å². The maximum Gasteiger partial charge on any atom is 0.0393 e. The van der Waals surface area contributed by atoms with E-state index in [0.29, 0.717) is 5.41 Å². The lowest BCUT2D eigenvalue weighted by Gasteiger charge is -2.40. The van der Waals surface area contributed by atoms with E-state index in [1.807, 2.05) is 0 Å². The number of anilines is 1. The molecular weight excluding hydrogens is 232 g/mol. The van der Waals surface area contributed by atoms with Crippen LogP contribution in [0.1, 0.15) is 32.3 Å². The molecule has 0 spiro atoms. The Hall–Kier alpha value is -1.02. The number of para-hydroxylation sites is 1. The molecular formula is C17H28N2. The monoisotopic (exact) mass is 260 g/mol. The van der Waals surface area contributed by atoms with Crippen molar-refractivity contribution in [1.29, 1.82) is 0 Å². The number of hydrogen-bond acceptors (Lipinski definition) is 2. The fourth-order valence-corrected chi connectivity index (χ4v) is 3.34. The zero-order valence-electron chi connectivity index (χ0n) is 12.9. The van der Waals surface area contributed by atoms with E-state index in [2.05, 4.69) is 62.3 Å². The fraction of sp³-hybridized carbons (Fsp3) is 0.647. The van der Waals surface area contributed by atoms with Crippen LogP contribution in [-0.4, -0.2) is 26.7 Å². The van der Waals surface area contributed by atoms with Crippen molar-refractivity contribution in [3.05, 3.63) is 29.8 Å². The summed E-state index contributed by atoms with van der Waals surface area (Å²) in [5.41, 5.74) is 3.08. The lowest BCUT2D eigenvalue weighted by molar-refractivity contribution is 0.178. The van der Waals surface area contributed by atoms with Gasteiger partial charge in [-0.15, -0.1) is 0 Å². The zero-order valence-corrected chi connectivity index (χ0v) is 12.9. The molecule has 106 valence electrons. The molecule has 2 rings (SSSR count). The number of rotatable bonds is 4. The summed E-state index contributed by atoms with van der Waals surface area (Å²) < 4.78 is 0. The molecule has 1 aromatic rings. The minimum Gasteiger partial charge on any atom is -0.374 e. The van der Waals surface area contributed by atoms with Gasteiger partial charge in [-0.2, -0.15) is 0 Å². The first-order chi connectivity index (χ1) is 9.00. The third-order valence-corrected chi connectivity index (χ3v) is 4.57. The summed E-state index contributed by atoms with van der Waals surface area (Å²) in [5, 5.41) is 3.55. The van der Waals surface area contributed by atoms with Gasteiger partial charge in [0.15, 0.2) is 0 Å². The summed E-state index contributed by atoms with van der Waals surface area (Å²) in [6.45, 7) is 10.5. The Labute approximate surface area is 118 Å². The summed E-state index contributed by atoms with van der Waals surface area (Å²) in [5.74, 6) is 0.785. The van der Waals surface area contributed by atoms with Crippen LogP contribution in [0, 0.1) is 18.3 Å². The van der Waals surface area contributed by atoms with Crippen LogP contribution in [0.25, 0.3) is 0 Å². The molecule has 0 radical (unpaired) electrons. The molecule has 1 fully saturated rings. The van der Waals surface area contributed by atoms with E-state index >= 15 is 0 Å². The van der Waals surface area contributed by atoms with E-state index in [9.17, 15) is 0 Å². The molecule has 1 heterocycles. The number of nitrogens with zero attached hydrogens (tertiary/aromatic N) is 1. The minimum atomic E-state index is 0.352. The third kappa shape index (κ3) is 3.50. The average Bonchev–Trinajstić information content (AvgIpc) is 2.39. The first-order valence-corrected chi connectivity index (χ1v) is 7.48. The van der Waals surface area contributed by atoms with Crippen molar-refractivity contribution in [1.82, 2.24) is 5.32 Å². The summed E-state index contributed by atoms with van der Waals surface area (Å²) in [7, 11) is 2.22. The molecule has 1 aromatic carbocycles. The van der Waals surface area contributed by atoms with Crippen LogP contribution in [-0.2, 0) is 0 Å². The second-order valence-corrected chi connectivity index (χ2v) is 6.67. The van der Waals surface area contributed by atoms with E-state index in [1.165, 1.54) is 37.2 Å². The molecule has 2 nitrogen and oxygen atoms in total. The molecule has 1 saturated heterocycles. The van der Waals surface area contributed by atoms with Crippen molar-refractivity contribution >= 4 is 5.69 Å². The van der Waals surface area contributed by atoms with Crippen molar-refractivity contribution in [2.45, 2.75) is 33.6 Å². The zero-order chi connectivity index (χ0) is 13.9. The third-order valence-electron chi connectivity index (χ3n) is 4.57. The molecule has 1 aliphatic heterocycles. The topological polar surface area (TPSA) is 15.3 Å². The average molecular weight is 260 g/mol. The predicted octanol–water partition coefficient (Wildman–Crippen LogP) is 3.46. The molecule has 1 N–H and O–H groups in total. The molecule has 19 heavy (non-hydrogen) atoms. The number of hydrogen-bond donors (Lipinski definition) is 1. The van der Waals surface area contributed by atoms with Gasteiger partial charge in [0.25, 0.3) is 0 Å². The summed E-state index contributed by atoms with van der Waals surface area (Å²) in [4.78, 5) is 2.42. The van der Waals surface area contributed by atoms with Crippen LogP contribution in [0.4, 0.5) is 5.69 Å². The van der Waals surface area contributed by atoms with Crippen LogP contribution in [0.2, 0.25) is 0 Å². The highest BCUT2D eigenvalue weighted by molar-refractivity contribution is 5.52. The molecule has 1 atom stereocenters. The van der Waals surface area contributed by atoms with Crippen LogP contribution in [0.15, 0.2) is 24.3 Å². The summed E-state index contributed by atoms with van der Waals surface area (Å²) in [6, 6.07) is 8.67. The second-order valence-electron chi connectivity index (χ2n) is 6.67. The van der Waals surface area contributed by atoms with Gasteiger partial charge < -0.3 is 10.2 Å². The first-order valence-electron chi connectivity index (χ1n) is 7.48. The van der Waals surface area contributed by atoms with Crippen LogP contribution < -0.4 is 10.2 Å². The molecule has 0 aliphatic carbocycles. The van der Waals surface area contributed by atoms with Crippen LogP contribution in [0.3, 0.4) is 0 Å². The second kappa shape index (κ2) is 5.96. The van der Waals surface area contributed by atoms with Gasteiger partial charge in [0, 0.05) is 19.3 Å². The van der Waals surface area contributed by atoms with Crippen molar-refractivity contribution in [3.63, 3.8) is 0 Å². The Bertz CT molecular complexity index is 405. The van der Waals surface area contributed by atoms with Gasteiger partial charge in [-0.25, -0.2) is 0 Å². The highest BCUT2D eigenvalue weighted by Crippen LogP contribution is 2.34.